The summed E-state index contributed by atoms with van der Waals surface area (Å²) in [7, 11) is 0. The van der Waals surface area contributed by atoms with Crippen LogP contribution in [0.3, 0.4) is 0 Å². The molecule has 15 heavy (non-hydrogen) atoms. The predicted molar refractivity (Wildman–Crippen MR) is 61.8 cm³/mol. The van der Waals surface area contributed by atoms with E-state index in [1.54, 1.807) is 4.68 Å². The molecule has 2 N–H and O–H groups in total. The zero-order valence-electron chi connectivity index (χ0n) is 9.09. The van der Waals surface area contributed by atoms with Crippen LogP contribution < -0.4 is 5.73 Å². The summed E-state index contributed by atoms with van der Waals surface area (Å²) in [6.45, 7) is 4.34. The van der Waals surface area contributed by atoms with Crippen molar-refractivity contribution in [2.24, 2.45) is 5.73 Å². The normalized spacial score (nSPS) is 13.1. The Kier molecular flexibility index (Phi) is 4.50. The first-order chi connectivity index (χ1) is 7.31. The van der Waals surface area contributed by atoms with Gasteiger partial charge in [-0.3, -0.25) is 0 Å². The lowest BCUT2D eigenvalue weighted by atomic mass is 10.3. The number of aromatic nitrogens is 3. The highest BCUT2D eigenvalue weighted by Gasteiger charge is 2.00. The molecule has 0 amide bonds. The molecule has 0 aliphatic carbocycles. The molecule has 0 aliphatic heterocycles. The minimum Gasteiger partial charge on any atom is -0.325 e. The molecular formula is C11H16N4. The van der Waals surface area contributed by atoms with Crippen LogP contribution in [0.4, 0.5) is 0 Å². The van der Waals surface area contributed by atoms with Gasteiger partial charge in [-0.05, 0) is 26.0 Å². The van der Waals surface area contributed by atoms with E-state index in [0.29, 0.717) is 6.54 Å². The number of rotatable bonds is 4. The number of hydrogen-bond donors (Lipinski definition) is 1. The maximum absolute atomic E-state index is 5.47. The highest BCUT2D eigenvalue weighted by molar-refractivity contribution is 5.57. The van der Waals surface area contributed by atoms with Gasteiger partial charge in [0.25, 0.3) is 0 Å². The number of allylic oxidation sites excluding steroid dienone is 6. The van der Waals surface area contributed by atoms with E-state index in [-0.39, 0.29) is 0 Å². The monoisotopic (exact) mass is 204 g/mol. The summed E-state index contributed by atoms with van der Waals surface area (Å²) in [6.07, 6.45) is 11.6. The first kappa shape index (κ1) is 11.4. The molecule has 1 aromatic heterocycles. The first-order valence-corrected chi connectivity index (χ1v) is 4.89. The molecule has 4 nitrogen and oxygen atoms in total. The molecule has 0 bridgehead atoms. The maximum Gasteiger partial charge on any atom is 0.0967 e. The van der Waals surface area contributed by atoms with Gasteiger partial charge in [0.1, 0.15) is 0 Å². The molecule has 0 aromatic carbocycles. The van der Waals surface area contributed by atoms with Crippen molar-refractivity contribution in [3.63, 3.8) is 0 Å². The number of hydrogen-bond acceptors (Lipinski definition) is 3. The largest absolute Gasteiger partial charge is 0.325 e. The molecule has 0 saturated heterocycles. The van der Waals surface area contributed by atoms with E-state index in [1.807, 2.05) is 50.4 Å². The lowest BCUT2D eigenvalue weighted by Gasteiger charge is -1.98. The highest BCUT2D eigenvalue weighted by Crippen LogP contribution is 2.06. The van der Waals surface area contributed by atoms with Gasteiger partial charge in [-0.1, -0.05) is 23.4 Å². The molecule has 0 radical (unpaired) electrons. The van der Waals surface area contributed by atoms with E-state index in [0.717, 1.165) is 11.4 Å². The van der Waals surface area contributed by atoms with Gasteiger partial charge in [0.05, 0.1) is 17.6 Å². The summed E-state index contributed by atoms with van der Waals surface area (Å²) in [5.41, 5.74) is 7.21. The van der Waals surface area contributed by atoms with Crippen molar-refractivity contribution in [1.29, 1.82) is 0 Å². The third-order valence-corrected chi connectivity index (χ3v) is 1.81. The fourth-order valence-electron chi connectivity index (χ4n) is 1.09. The van der Waals surface area contributed by atoms with Crippen LogP contribution in [0.1, 0.15) is 19.5 Å². The predicted octanol–water partition coefficient (Wildman–Crippen LogP) is 1.73. The van der Waals surface area contributed by atoms with Crippen molar-refractivity contribution in [1.82, 2.24) is 15.0 Å². The second-order valence-corrected chi connectivity index (χ2v) is 2.98. The van der Waals surface area contributed by atoms with E-state index in [4.69, 9.17) is 5.73 Å². The second-order valence-electron chi connectivity index (χ2n) is 2.98. The molecule has 0 saturated carbocycles. The molecule has 0 aliphatic rings. The van der Waals surface area contributed by atoms with E-state index in [2.05, 4.69) is 10.3 Å². The Labute approximate surface area is 89.8 Å². The molecule has 0 unspecified atom stereocenters. The lowest BCUT2D eigenvalue weighted by Crippen LogP contribution is -1.96. The van der Waals surface area contributed by atoms with Crippen LogP contribution in [0.2, 0.25) is 0 Å². The summed E-state index contributed by atoms with van der Waals surface area (Å²) < 4.78 is 1.71. The standard InChI is InChI=1S/C11H16N4/c1-3-5-7-11(6-4-2)15-9-10(8-12)13-14-15/h3-7,9H,8,12H2,1-2H3/b5-3-,6-4-,11-7+. The average Bonchev–Trinajstić information content (AvgIpc) is 2.72. The Morgan fingerprint density at radius 1 is 1.47 bits per heavy atom. The summed E-state index contributed by atoms with van der Waals surface area (Å²) in [4.78, 5) is 0. The topological polar surface area (TPSA) is 56.7 Å². The van der Waals surface area contributed by atoms with Gasteiger partial charge in [0.2, 0.25) is 0 Å². The van der Waals surface area contributed by atoms with Gasteiger partial charge in [0.15, 0.2) is 0 Å². The fraction of sp³-hybridized carbons (Fsp3) is 0.273. The van der Waals surface area contributed by atoms with Crippen molar-refractivity contribution in [3.8, 4) is 0 Å². The molecule has 1 rings (SSSR count). The zero-order chi connectivity index (χ0) is 11.1. The van der Waals surface area contributed by atoms with Gasteiger partial charge < -0.3 is 5.73 Å². The molecule has 0 fully saturated rings. The van der Waals surface area contributed by atoms with Crippen molar-refractivity contribution in [3.05, 3.63) is 42.3 Å². The molecule has 1 heterocycles. The van der Waals surface area contributed by atoms with Gasteiger partial charge >= 0.3 is 0 Å². The van der Waals surface area contributed by atoms with Crippen LogP contribution >= 0.6 is 0 Å². The fourth-order valence-corrected chi connectivity index (χ4v) is 1.09. The third-order valence-electron chi connectivity index (χ3n) is 1.81. The summed E-state index contributed by atoms with van der Waals surface area (Å²) in [6, 6.07) is 0. The summed E-state index contributed by atoms with van der Waals surface area (Å²) in [5, 5.41) is 7.93. The average molecular weight is 204 g/mol. The van der Waals surface area contributed by atoms with Crippen LogP contribution in [0.5, 0.6) is 0 Å². The second kappa shape index (κ2) is 5.93. The van der Waals surface area contributed by atoms with Crippen molar-refractivity contribution < 1.29 is 0 Å². The Morgan fingerprint density at radius 2 is 2.27 bits per heavy atom. The van der Waals surface area contributed by atoms with Gasteiger partial charge in [0, 0.05) is 6.54 Å². The van der Waals surface area contributed by atoms with Gasteiger partial charge in [-0.25, -0.2) is 4.68 Å². The Bertz CT molecular complexity index is 385. The van der Waals surface area contributed by atoms with Crippen molar-refractivity contribution >= 4 is 5.70 Å². The first-order valence-electron chi connectivity index (χ1n) is 4.89. The van der Waals surface area contributed by atoms with E-state index in [9.17, 15) is 0 Å². The Hall–Kier alpha value is -1.68. The smallest absolute Gasteiger partial charge is 0.0967 e. The van der Waals surface area contributed by atoms with E-state index in [1.165, 1.54) is 0 Å². The highest BCUT2D eigenvalue weighted by atomic mass is 15.4. The third kappa shape index (κ3) is 3.18. The summed E-state index contributed by atoms with van der Waals surface area (Å²) in [5.74, 6) is 0. The molecular weight excluding hydrogens is 188 g/mol. The van der Waals surface area contributed by atoms with Crippen LogP contribution in [-0.2, 0) is 6.54 Å². The quantitative estimate of drug-likeness (QED) is 0.760. The van der Waals surface area contributed by atoms with E-state index >= 15 is 0 Å². The SMILES string of the molecule is C\C=C/C=C(\C=C/C)n1cc(CN)nn1. The minimum absolute atomic E-state index is 0.409. The van der Waals surface area contributed by atoms with Gasteiger partial charge in [-0.15, -0.1) is 5.10 Å². The molecule has 80 valence electrons. The van der Waals surface area contributed by atoms with Crippen molar-refractivity contribution in [2.75, 3.05) is 0 Å². The van der Waals surface area contributed by atoms with Crippen LogP contribution in [0.15, 0.2) is 36.6 Å². The van der Waals surface area contributed by atoms with Crippen LogP contribution in [-0.4, -0.2) is 15.0 Å². The molecule has 1 aromatic rings. The van der Waals surface area contributed by atoms with Crippen molar-refractivity contribution in [2.45, 2.75) is 20.4 Å². The Balaban J connectivity index is 2.98. The number of nitrogens with two attached hydrogens (primary N) is 1. The van der Waals surface area contributed by atoms with Gasteiger partial charge in [-0.2, -0.15) is 0 Å². The minimum atomic E-state index is 0.409. The van der Waals surface area contributed by atoms with E-state index < -0.39 is 0 Å². The molecule has 0 atom stereocenters. The lowest BCUT2D eigenvalue weighted by molar-refractivity contribution is 0.815. The molecule has 4 heteroatoms. The number of nitrogens with zero attached hydrogens (tertiary/aromatic N) is 3. The summed E-state index contributed by atoms with van der Waals surface area (Å²) >= 11 is 0. The Morgan fingerprint density at radius 3 is 2.80 bits per heavy atom. The van der Waals surface area contributed by atoms with Crippen LogP contribution in [0, 0.1) is 0 Å². The molecule has 0 spiro atoms. The maximum atomic E-state index is 5.47. The van der Waals surface area contributed by atoms with Crippen LogP contribution in [0.25, 0.3) is 5.70 Å². The zero-order valence-corrected chi connectivity index (χ0v) is 9.09.